The van der Waals surface area contributed by atoms with E-state index in [1.165, 1.54) is 6.07 Å². The maximum atomic E-state index is 12.9. The molecule has 138 valence electrons. The van der Waals surface area contributed by atoms with E-state index in [9.17, 15) is 13.2 Å². The van der Waals surface area contributed by atoms with Crippen LogP contribution in [0.3, 0.4) is 0 Å². The summed E-state index contributed by atoms with van der Waals surface area (Å²) in [4.78, 5) is 16.7. The van der Waals surface area contributed by atoms with Crippen LogP contribution in [0, 0.1) is 0 Å². The van der Waals surface area contributed by atoms with Crippen molar-refractivity contribution in [2.75, 3.05) is 6.54 Å². The molecule has 0 saturated carbocycles. The van der Waals surface area contributed by atoms with Gasteiger partial charge in [0, 0.05) is 24.3 Å². The van der Waals surface area contributed by atoms with Crippen molar-refractivity contribution in [1.29, 1.82) is 0 Å². The van der Waals surface area contributed by atoms with Crippen LogP contribution in [0.25, 0.3) is 0 Å². The first-order chi connectivity index (χ1) is 12.5. The lowest BCUT2D eigenvalue weighted by Gasteiger charge is -2.32. The van der Waals surface area contributed by atoms with Crippen LogP contribution in [-0.2, 0) is 16.6 Å². The lowest BCUT2D eigenvalue weighted by Crippen LogP contribution is -2.42. The quantitative estimate of drug-likeness (QED) is 0.874. The highest BCUT2D eigenvalue weighted by atomic mass is 32.2. The van der Waals surface area contributed by atoms with Gasteiger partial charge in [-0.25, -0.2) is 8.42 Å². The van der Waals surface area contributed by atoms with Gasteiger partial charge < -0.3 is 5.32 Å². The molecule has 0 unspecified atom stereocenters. The number of piperidine rings is 1. The van der Waals surface area contributed by atoms with Gasteiger partial charge >= 0.3 is 0 Å². The molecule has 7 heteroatoms. The Hall–Kier alpha value is -2.25. The number of hydrogen-bond acceptors (Lipinski definition) is 4. The van der Waals surface area contributed by atoms with Crippen molar-refractivity contribution >= 4 is 15.9 Å². The average Bonchev–Trinajstić information content (AvgIpc) is 2.67. The standard InChI is InChI=1S/C19H23N3O3S/c1-15-7-3-5-12-22(15)26(24,25)18-10-6-8-16(13-18)19(23)21-14-17-9-2-4-11-20-17/h2,4,6,8-11,13,15H,3,5,7,12,14H2,1H3,(H,21,23)/t15-/m0/s1. The van der Waals surface area contributed by atoms with Gasteiger partial charge in [-0.1, -0.05) is 18.6 Å². The van der Waals surface area contributed by atoms with Crippen molar-refractivity contribution in [3.05, 3.63) is 59.9 Å². The molecule has 1 aliphatic heterocycles. The molecule has 1 saturated heterocycles. The van der Waals surface area contributed by atoms with Crippen molar-refractivity contribution in [2.24, 2.45) is 0 Å². The first kappa shape index (κ1) is 18.5. The van der Waals surface area contributed by atoms with Crippen molar-refractivity contribution in [3.8, 4) is 0 Å². The van der Waals surface area contributed by atoms with E-state index in [1.807, 2.05) is 19.1 Å². The van der Waals surface area contributed by atoms with E-state index in [0.717, 1.165) is 25.0 Å². The second-order valence-corrected chi connectivity index (χ2v) is 8.38. The third kappa shape index (κ3) is 4.11. The molecule has 6 nitrogen and oxygen atoms in total. The molecule has 1 aliphatic rings. The number of aromatic nitrogens is 1. The van der Waals surface area contributed by atoms with Crippen LogP contribution < -0.4 is 5.32 Å². The fraction of sp³-hybridized carbons (Fsp3) is 0.368. The highest BCUT2D eigenvalue weighted by Crippen LogP contribution is 2.25. The maximum absolute atomic E-state index is 12.9. The highest BCUT2D eigenvalue weighted by Gasteiger charge is 2.31. The number of nitrogens with zero attached hydrogens (tertiary/aromatic N) is 2. The molecular formula is C19H23N3O3S. The summed E-state index contributed by atoms with van der Waals surface area (Å²) in [6.45, 7) is 2.75. The predicted octanol–water partition coefficient (Wildman–Crippen LogP) is 2.57. The molecular weight excluding hydrogens is 350 g/mol. The number of carbonyl (C=O) groups is 1. The van der Waals surface area contributed by atoms with Gasteiger partial charge in [0.2, 0.25) is 10.0 Å². The van der Waals surface area contributed by atoms with E-state index < -0.39 is 10.0 Å². The number of benzene rings is 1. The highest BCUT2D eigenvalue weighted by molar-refractivity contribution is 7.89. The number of hydrogen-bond donors (Lipinski definition) is 1. The van der Waals surface area contributed by atoms with Crippen LogP contribution in [0.15, 0.2) is 53.6 Å². The monoisotopic (exact) mass is 373 g/mol. The number of sulfonamides is 1. The van der Waals surface area contributed by atoms with Gasteiger partial charge in [-0.05, 0) is 50.1 Å². The Kier molecular flexibility index (Phi) is 5.68. The van der Waals surface area contributed by atoms with Gasteiger partial charge in [0.05, 0.1) is 17.1 Å². The van der Waals surface area contributed by atoms with Gasteiger partial charge in [0.1, 0.15) is 0 Å². The zero-order chi connectivity index (χ0) is 18.6. The second kappa shape index (κ2) is 7.97. The van der Waals surface area contributed by atoms with Gasteiger partial charge in [0.15, 0.2) is 0 Å². The number of amides is 1. The van der Waals surface area contributed by atoms with E-state index >= 15 is 0 Å². The molecule has 3 rings (SSSR count). The van der Waals surface area contributed by atoms with Crippen LogP contribution in [-0.4, -0.2) is 36.2 Å². The summed E-state index contributed by atoms with van der Waals surface area (Å²) in [5, 5.41) is 2.77. The molecule has 0 bridgehead atoms. The summed E-state index contributed by atoms with van der Waals surface area (Å²) in [6.07, 6.45) is 4.44. The smallest absolute Gasteiger partial charge is 0.251 e. The van der Waals surface area contributed by atoms with Crippen molar-refractivity contribution in [2.45, 2.75) is 43.7 Å². The lowest BCUT2D eigenvalue weighted by molar-refractivity contribution is 0.0950. The van der Waals surface area contributed by atoms with E-state index in [1.54, 1.807) is 34.8 Å². The Morgan fingerprint density at radius 1 is 1.23 bits per heavy atom. The topological polar surface area (TPSA) is 79.4 Å². The zero-order valence-corrected chi connectivity index (χ0v) is 15.6. The predicted molar refractivity (Wildman–Crippen MR) is 99.1 cm³/mol. The molecule has 0 aliphatic carbocycles. The normalized spacial score (nSPS) is 18.4. The summed E-state index contributed by atoms with van der Waals surface area (Å²) >= 11 is 0. The molecule has 0 radical (unpaired) electrons. The van der Waals surface area contributed by atoms with Crippen LogP contribution in [0.2, 0.25) is 0 Å². The van der Waals surface area contributed by atoms with E-state index in [0.29, 0.717) is 18.7 Å². The summed E-state index contributed by atoms with van der Waals surface area (Å²) < 4.78 is 27.4. The molecule has 1 aromatic carbocycles. The van der Waals surface area contributed by atoms with Crippen LogP contribution in [0.4, 0.5) is 0 Å². The molecule has 1 atom stereocenters. The lowest BCUT2D eigenvalue weighted by atomic mass is 10.1. The Labute approximate surface area is 154 Å². The Balaban J connectivity index is 1.76. The summed E-state index contributed by atoms with van der Waals surface area (Å²) in [5.41, 5.74) is 1.07. The number of rotatable bonds is 5. The SMILES string of the molecule is C[C@H]1CCCCN1S(=O)(=O)c1cccc(C(=O)NCc2ccccn2)c1. The van der Waals surface area contributed by atoms with E-state index in [4.69, 9.17) is 0 Å². The molecule has 2 aromatic rings. The van der Waals surface area contributed by atoms with E-state index in [-0.39, 0.29) is 16.8 Å². The van der Waals surface area contributed by atoms with Gasteiger partial charge in [-0.3, -0.25) is 9.78 Å². The van der Waals surface area contributed by atoms with Crippen molar-refractivity contribution < 1.29 is 13.2 Å². The van der Waals surface area contributed by atoms with E-state index in [2.05, 4.69) is 10.3 Å². The molecule has 26 heavy (non-hydrogen) atoms. The maximum Gasteiger partial charge on any atom is 0.251 e. The fourth-order valence-electron chi connectivity index (χ4n) is 3.14. The summed E-state index contributed by atoms with van der Waals surface area (Å²) in [7, 11) is -3.59. The number of pyridine rings is 1. The molecule has 1 N–H and O–H groups in total. The van der Waals surface area contributed by atoms with Crippen LogP contribution in [0.1, 0.15) is 42.2 Å². The minimum Gasteiger partial charge on any atom is -0.346 e. The third-order valence-corrected chi connectivity index (χ3v) is 6.61. The summed E-state index contributed by atoms with van der Waals surface area (Å²) in [6, 6.07) is 11.7. The first-order valence-corrected chi connectivity index (χ1v) is 10.2. The van der Waals surface area contributed by atoms with Crippen LogP contribution in [0.5, 0.6) is 0 Å². The van der Waals surface area contributed by atoms with Crippen molar-refractivity contribution in [3.63, 3.8) is 0 Å². The minimum absolute atomic E-state index is 0.0182. The number of nitrogens with one attached hydrogen (secondary N) is 1. The van der Waals surface area contributed by atoms with Gasteiger partial charge in [0.25, 0.3) is 5.91 Å². The first-order valence-electron chi connectivity index (χ1n) is 8.78. The molecule has 1 fully saturated rings. The Morgan fingerprint density at radius 2 is 2.08 bits per heavy atom. The van der Waals surface area contributed by atoms with Gasteiger partial charge in [-0.15, -0.1) is 0 Å². The third-order valence-electron chi connectivity index (χ3n) is 4.60. The zero-order valence-electron chi connectivity index (χ0n) is 14.8. The van der Waals surface area contributed by atoms with Gasteiger partial charge in [-0.2, -0.15) is 4.31 Å². The molecule has 0 spiro atoms. The van der Waals surface area contributed by atoms with Crippen molar-refractivity contribution in [1.82, 2.24) is 14.6 Å². The Bertz CT molecular complexity index is 869. The number of carbonyl (C=O) groups excluding carboxylic acids is 1. The molecule has 1 amide bonds. The second-order valence-electron chi connectivity index (χ2n) is 6.49. The fourth-order valence-corrected chi connectivity index (χ4v) is 4.88. The summed E-state index contributed by atoms with van der Waals surface area (Å²) in [5.74, 6) is -0.320. The molecule has 2 heterocycles. The molecule has 1 aromatic heterocycles. The van der Waals surface area contributed by atoms with Crippen LogP contribution >= 0.6 is 0 Å². The Morgan fingerprint density at radius 3 is 2.81 bits per heavy atom. The average molecular weight is 373 g/mol. The largest absolute Gasteiger partial charge is 0.346 e. The minimum atomic E-state index is -3.59.